The minimum absolute atomic E-state index is 0.0951. The van der Waals surface area contributed by atoms with Crippen molar-refractivity contribution in [2.45, 2.75) is 50.1 Å². The molecule has 1 spiro atoms. The topological polar surface area (TPSA) is 32.3 Å². The van der Waals surface area contributed by atoms with Crippen molar-refractivity contribution in [3.8, 4) is 0 Å². The highest BCUT2D eigenvalue weighted by Gasteiger charge is 2.59. The van der Waals surface area contributed by atoms with E-state index in [9.17, 15) is 4.79 Å². The van der Waals surface area contributed by atoms with Gasteiger partial charge in [0.05, 0.1) is 0 Å². The third kappa shape index (κ3) is 2.51. The lowest BCUT2D eigenvalue weighted by Gasteiger charge is -2.24. The van der Waals surface area contributed by atoms with Gasteiger partial charge >= 0.3 is 0 Å². The van der Waals surface area contributed by atoms with Crippen LogP contribution in [0.15, 0.2) is 12.1 Å². The molecule has 2 unspecified atom stereocenters. The van der Waals surface area contributed by atoms with Crippen LogP contribution >= 0.6 is 23.1 Å². The maximum Gasteiger partial charge on any atom is 0.244 e. The van der Waals surface area contributed by atoms with E-state index in [0.29, 0.717) is 11.2 Å². The summed E-state index contributed by atoms with van der Waals surface area (Å²) in [7, 11) is 0. The molecular weight excluding hydrogens is 288 g/mol. The molecule has 2 aliphatic rings. The lowest BCUT2D eigenvalue weighted by atomic mass is 10.2. The van der Waals surface area contributed by atoms with Crippen LogP contribution in [0, 0.1) is 6.92 Å². The van der Waals surface area contributed by atoms with Crippen molar-refractivity contribution < 1.29 is 4.79 Å². The van der Waals surface area contributed by atoms with Gasteiger partial charge in [-0.25, -0.2) is 0 Å². The number of hydrogen-bond acceptors (Lipinski definition) is 4. The van der Waals surface area contributed by atoms with E-state index in [-0.39, 0.29) is 11.7 Å². The molecule has 3 rings (SSSR count). The Labute approximate surface area is 129 Å². The molecule has 2 heterocycles. The molecule has 20 heavy (non-hydrogen) atoms. The molecule has 0 aromatic carbocycles. The first-order valence-corrected chi connectivity index (χ1v) is 9.34. The number of amides is 1. The lowest BCUT2D eigenvalue weighted by Crippen LogP contribution is -2.33. The van der Waals surface area contributed by atoms with Crippen molar-refractivity contribution >= 4 is 29.0 Å². The standard InChI is InChI=1S/C15H22N2OS2/c1-10(19-3)6-9-17-13(12-5-4-11(2)20-12)16-15(7-8-15)14(17)18/h4-5,10,13,16H,6-9H2,1-3H3. The van der Waals surface area contributed by atoms with Crippen LogP contribution in [0.1, 0.15) is 42.1 Å². The number of nitrogens with one attached hydrogen (secondary N) is 1. The van der Waals surface area contributed by atoms with Crippen LogP contribution in [0.4, 0.5) is 0 Å². The summed E-state index contributed by atoms with van der Waals surface area (Å²) in [4.78, 5) is 17.3. The molecule has 1 saturated heterocycles. The first-order valence-electron chi connectivity index (χ1n) is 7.24. The van der Waals surface area contributed by atoms with Crippen LogP contribution in [0.5, 0.6) is 0 Å². The molecule has 1 aromatic heterocycles. The van der Waals surface area contributed by atoms with Gasteiger partial charge in [-0.2, -0.15) is 11.8 Å². The van der Waals surface area contributed by atoms with E-state index in [1.54, 1.807) is 11.3 Å². The summed E-state index contributed by atoms with van der Waals surface area (Å²) in [6, 6.07) is 4.31. The zero-order chi connectivity index (χ0) is 14.3. The number of carbonyl (C=O) groups excluding carboxylic acids is 1. The van der Waals surface area contributed by atoms with E-state index in [0.717, 1.165) is 25.8 Å². The second-order valence-electron chi connectivity index (χ2n) is 5.91. The number of aryl methyl sites for hydroxylation is 1. The number of carbonyl (C=O) groups is 1. The van der Waals surface area contributed by atoms with Crippen molar-refractivity contribution in [2.24, 2.45) is 0 Å². The summed E-state index contributed by atoms with van der Waals surface area (Å²) < 4.78 is 0. The van der Waals surface area contributed by atoms with Crippen LogP contribution in [-0.4, -0.2) is 34.4 Å². The van der Waals surface area contributed by atoms with Crippen LogP contribution in [0.3, 0.4) is 0 Å². The number of hydrogen-bond donors (Lipinski definition) is 1. The van der Waals surface area contributed by atoms with E-state index < -0.39 is 0 Å². The van der Waals surface area contributed by atoms with Gasteiger partial charge in [-0.3, -0.25) is 10.1 Å². The summed E-state index contributed by atoms with van der Waals surface area (Å²) in [5.74, 6) is 0.321. The molecule has 1 amide bonds. The molecule has 0 radical (unpaired) electrons. The summed E-state index contributed by atoms with van der Waals surface area (Å²) in [5.41, 5.74) is -0.217. The summed E-state index contributed by atoms with van der Waals surface area (Å²) >= 11 is 3.67. The van der Waals surface area contributed by atoms with Crippen LogP contribution in [0.2, 0.25) is 0 Å². The fraction of sp³-hybridized carbons (Fsp3) is 0.667. The molecule has 1 aliphatic carbocycles. The van der Waals surface area contributed by atoms with Crippen molar-refractivity contribution in [2.75, 3.05) is 12.8 Å². The van der Waals surface area contributed by atoms with Crippen LogP contribution in [0.25, 0.3) is 0 Å². The van der Waals surface area contributed by atoms with E-state index in [2.05, 4.69) is 42.5 Å². The lowest BCUT2D eigenvalue weighted by molar-refractivity contribution is -0.130. The average Bonchev–Trinajstić information content (AvgIpc) is 3.02. The minimum atomic E-state index is -0.217. The largest absolute Gasteiger partial charge is 0.320 e. The van der Waals surface area contributed by atoms with Crippen LogP contribution in [-0.2, 0) is 4.79 Å². The molecule has 3 nitrogen and oxygen atoms in total. The van der Waals surface area contributed by atoms with Gasteiger partial charge in [0, 0.05) is 21.5 Å². The Balaban J connectivity index is 1.78. The number of thioether (sulfide) groups is 1. The fourth-order valence-corrected chi connectivity index (χ4v) is 4.05. The van der Waals surface area contributed by atoms with Gasteiger partial charge in [-0.1, -0.05) is 6.92 Å². The quantitative estimate of drug-likeness (QED) is 0.906. The second kappa shape index (κ2) is 5.35. The SMILES string of the molecule is CSC(C)CCN1C(=O)C2(CC2)NC1c1ccc(C)s1. The first-order chi connectivity index (χ1) is 9.55. The number of nitrogens with zero attached hydrogens (tertiary/aromatic N) is 1. The third-order valence-electron chi connectivity index (χ3n) is 4.35. The Morgan fingerprint density at radius 1 is 1.55 bits per heavy atom. The third-order valence-corrected chi connectivity index (χ3v) is 6.45. The van der Waals surface area contributed by atoms with Gasteiger partial charge in [-0.05, 0) is 44.6 Å². The predicted molar refractivity (Wildman–Crippen MR) is 86.2 cm³/mol. The molecule has 110 valence electrons. The molecule has 0 bridgehead atoms. The van der Waals surface area contributed by atoms with Gasteiger partial charge < -0.3 is 4.90 Å². The Hall–Kier alpha value is -0.520. The zero-order valence-corrected chi connectivity index (χ0v) is 13.9. The summed E-state index contributed by atoms with van der Waals surface area (Å²) in [6.45, 7) is 5.21. The predicted octanol–water partition coefficient (Wildman–Crippen LogP) is 3.16. The van der Waals surface area contributed by atoms with Gasteiger partial charge in [0.2, 0.25) is 5.91 Å². The highest BCUT2D eigenvalue weighted by Crippen LogP contribution is 2.46. The van der Waals surface area contributed by atoms with Gasteiger partial charge in [0.25, 0.3) is 0 Å². The maximum absolute atomic E-state index is 12.6. The van der Waals surface area contributed by atoms with Gasteiger partial charge in [-0.15, -0.1) is 11.3 Å². The summed E-state index contributed by atoms with van der Waals surface area (Å²) in [5, 5.41) is 4.19. The van der Waals surface area contributed by atoms with Gasteiger partial charge in [0.1, 0.15) is 11.7 Å². The Morgan fingerprint density at radius 3 is 2.85 bits per heavy atom. The molecule has 2 fully saturated rings. The van der Waals surface area contributed by atoms with Crippen molar-refractivity contribution in [1.29, 1.82) is 0 Å². The summed E-state index contributed by atoms with van der Waals surface area (Å²) in [6.07, 6.45) is 5.29. The van der Waals surface area contributed by atoms with Crippen molar-refractivity contribution in [3.05, 3.63) is 21.9 Å². The molecule has 1 aromatic rings. The highest BCUT2D eigenvalue weighted by atomic mass is 32.2. The minimum Gasteiger partial charge on any atom is -0.320 e. The Bertz CT molecular complexity index is 510. The second-order valence-corrected chi connectivity index (χ2v) is 8.51. The van der Waals surface area contributed by atoms with E-state index in [1.807, 2.05) is 11.8 Å². The van der Waals surface area contributed by atoms with Crippen LogP contribution < -0.4 is 5.32 Å². The average molecular weight is 310 g/mol. The molecule has 1 N–H and O–H groups in total. The van der Waals surface area contributed by atoms with E-state index in [1.165, 1.54) is 9.75 Å². The normalized spacial score (nSPS) is 25.4. The van der Waals surface area contributed by atoms with E-state index >= 15 is 0 Å². The first kappa shape index (κ1) is 14.4. The fourth-order valence-electron chi connectivity index (χ4n) is 2.77. The molecular formula is C15H22N2OS2. The Morgan fingerprint density at radius 2 is 2.30 bits per heavy atom. The number of thiophene rings is 1. The van der Waals surface area contributed by atoms with Gasteiger partial charge in [0.15, 0.2) is 0 Å². The maximum atomic E-state index is 12.6. The zero-order valence-electron chi connectivity index (χ0n) is 12.3. The monoisotopic (exact) mass is 310 g/mol. The van der Waals surface area contributed by atoms with Crippen molar-refractivity contribution in [1.82, 2.24) is 10.2 Å². The molecule has 5 heteroatoms. The van der Waals surface area contributed by atoms with Crippen molar-refractivity contribution in [3.63, 3.8) is 0 Å². The Kier molecular flexibility index (Phi) is 3.86. The molecule has 1 aliphatic heterocycles. The van der Waals surface area contributed by atoms with E-state index in [4.69, 9.17) is 0 Å². The molecule has 2 atom stereocenters. The highest BCUT2D eigenvalue weighted by molar-refractivity contribution is 7.99. The smallest absolute Gasteiger partial charge is 0.244 e. The molecule has 1 saturated carbocycles. The number of rotatable bonds is 5.